The van der Waals surface area contributed by atoms with Crippen LogP contribution in [-0.2, 0) is 11.2 Å². The third kappa shape index (κ3) is 3.63. The Morgan fingerprint density at radius 3 is 2.57 bits per heavy atom. The molecule has 2 aliphatic carbocycles. The van der Waals surface area contributed by atoms with Gasteiger partial charge in [0.1, 0.15) is 5.78 Å². The highest BCUT2D eigenvalue weighted by Crippen LogP contribution is 2.43. The molecule has 21 heavy (non-hydrogen) atoms. The summed E-state index contributed by atoms with van der Waals surface area (Å²) < 4.78 is 0. The summed E-state index contributed by atoms with van der Waals surface area (Å²) in [6.45, 7) is 0. The van der Waals surface area contributed by atoms with E-state index in [0.29, 0.717) is 22.2 Å². The van der Waals surface area contributed by atoms with Crippen LogP contribution >= 0.6 is 23.2 Å². The Hall–Kier alpha value is -0.530. The summed E-state index contributed by atoms with van der Waals surface area (Å²) >= 11 is 12.1. The summed E-state index contributed by atoms with van der Waals surface area (Å²) in [5, 5.41) is 1.24. The van der Waals surface area contributed by atoms with E-state index < -0.39 is 0 Å². The maximum Gasteiger partial charge on any atom is 0.140 e. The van der Waals surface area contributed by atoms with Crippen molar-refractivity contribution in [3.63, 3.8) is 0 Å². The Balaban J connectivity index is 1.63. The fourth-order valence-electron chi connectivity index (χ4n) is 4.16. The molecule has 0 aromatic heterocycles. The van der Waals surface area contributed by atoms with Crippen molar-refractivity contribution in [3.8, 4) is 0 Å². The molecule has 3 unspecified atom stereocenters. The summed E-state index contributed by atoms with van der Waals surface area (Å²) in [5.74, 6) is 2.29. The lowest BCUT2D eigenvalue weighted by Crippen LogP contribution is -2.31. The first-order valence-electron chi connectivity index (χ1n) is 8.10. The molecule has 0 amide bonds. The van der Waals surface area contributed by atoms with E-state index in [9.17, 15) is 4.79 Å². The molecule has 0 aliphatic heterocycles. The van der Waals surface area contributed by atoms with Crippen LogP contribution in [0.4, 0.5) is 0 Å². The highest BCUT2D eigenvalue weighted by molar-refractivity contribution is 6.35. The van der Waals surface area contributed by atoms with Gasteiger partial charge in [-0.1, -0.05) is 55.0 Å². The van der Waals surface area contributed by atoms with E-state index in [4.69, 9.17) is 23.2 Å². The second-order valence-electron chi connectivity index (χ2n) is 6.69. The number of halogens is 2. The van der Waals surface area contributed by atoms with Gasteiger partial charge in [0.25, 0.3) is 0 Å². The second kappa shape index (κ2) is 6.71. The van der Waals surface area contributed by atoms with Crippen LogP contribution in [0.3, 0.4) is 0 Å². The standard InChI is InChI=1S/C18H22Cl2O/c19-16-8-7-14(17(20)11-16)10-18(21)15-6-5-12-3-1-2-4-13(12)9-15/h7-8,11-13,15H,1-6,9-10H2. The van der Waals surface area contributed by atoms with E-state index in [-0.39, 0.29) is 5.92 Å². The third-order valence-electron chi connectivity index (χ3n) is 5.37. The number of benzene rings is 1. The molecule has 0 N–H and O–H groups in total. The molecular weight excluding hydrogens is 303 g/mol. The Labute approximate surface area is 137 Å². The van der Waals surface area contributed by atoms with Crippen LogP contribution in [0.5, 0.6) is 0 Å². The molecule has 3 atom stereocenters. The molecule has 2 saturated carbocycles. The number of carbonyl (C=O) groups is 1. The molecule has 1 aromatic rings. The maximum absolute atomic E-state index is 12.6. The first kappa shape index (κ1) is 15.4. The fourth-order valence-corrected chi connectivity index (χ4v) is 4.64. The third-order valence-corrected chi connectivity index (χ3v) is 5.96. The summed E-state index contributed by atoms with van der Waals surface area (Å²) in [5.41, 5.74) is 0.914. The van der Waals surface area contributed by atoms with Crippen molar-refractivity contribution in [2.45, 2.75) is 51.4 Å². The molecule has 0 heterocycles. The Bertz CT molecular complexity index is 526. The zero-order valence-corrected chi connectivity index (χ0v) is 13.8. The number of Topliss-reactive ketones (excluding diaryl/α,β-unsaturated/α-hetero) is 1. The van der Waals surface area contributed by atoms with Crippen molar-refractivity contribution in [1.29, 1.82) is 0 Å². The van der Waals surface area contributed by atoms with Gasteiger partial charge in [0, 0.05) is 22.4 Å². The van der Waals surface area contributed by atoms with E-state index >= 15 is 0 Å². The van der Waals surface area contributed by atoms with Gasteiger partial charge in [-0.15, -0.1) is 0 Å². The molecule has 1 nitrogen and oxygen atoms in total. The van der Waals surface area contributed by atoms with Crippen LogP contribution in [-0.4, -0.2) is 5.78 Å². The van der Waals surface area contributed by atoms with Gasteiger partial charge in [-0.2, -0.15) is 0 Å². The molecule has 1 aromatic carbocycles. The first-order chi connectivity index (χ1) is 10.1. The minimum atomic E-state index is 0.246. The van der Waals surface area contributed by atoms with Crippen LogP contribution in [0.1, 0.15) is 50.5 Å². The Morgan fingerprint density at radius 2 is 1.81 bits per heavy atom. The summed E-state index contributed by atoms with van der Waals surface area (Å²) in [4.78, 5) is 12.6. The molecule has 3 heteroatoms. The molecule has 0 spiro atoms. The average molecular weight is 325 g/mol. The van der Waals surface area contributed by atoms with Gasteiger partial charge in [0.05, 0.1) is 0 Å². The molecule has 0 bridgehead atoms. The van der Waals surface area contributed by atoms with Gasteiger partial charge in [-0.25, -0.2) is 0 Å². The number of ketones is 1. The van der Waals surface area contributed by atoms with Crippen LogP contribution in [0.2, 0.25) is 10.0 Å². The van der Waals surface area contributed by atoms with Crippen molar-refractivity contribution in [2.75, 3.05) is 0 Å². The van der Waals surface area contributed by atoms with Crippen LogP contribution < -0.4 is 0 Å². The molecule has 2 fully saturated rings. The SMILES string of the molecule is O=C(Cc1ccc(Cl)cc1Cl)C1CCC2CCCCC2C1. The van der Waals surface area contributed by atoms with Gasteiger partial charge in [0.15, 0.2) is 0 Å². The van der Waals surface area contributed by atoms with E-state index in [2.05, 4.69) is 0 Å². The molecule has 2 aliphatic rings. The minimum Gasteiger partial charge on any atom is -0.299 e. The maximum atomic E-state index is 12.6. The minimum absolute atomic E-state index is 0.246. The normalized spacial score (nSPS) is 29.0. The number of hydrogen-bond donors (Lipinski definition) is 0. The number of hydrogen-bond acceptors (Lipinski definition) is 1. The van der Waals surface area contributed by atoms with E-state index in [1.165, 1.54) is 32.1 Å². The molecule has 114 valence electrons. The number of rotatable bonds is 3. The lowest BCUT2D eigenvalue weighted by molar-refractivity contribution is -0.124. The zero-order valence-electron chi connectivity index (χ0n) is 12.3. The zero-order chi connectivity index (χ0) is 14.8. The van der Waals surface area contributed by atoms with Gasteiger partial charge >= 0.3 is 0 Å². The molecule has 0 radical (unpaired) electrons. The monoisotopic (exact) mass is 324 g/mol. The molecule has 0 saturated heterocycles. The smallest absolute Gasteiger partial charge is 0.140 e. The number of carbonyl (C=O) groups excluding carboxylic acids is 1. The van der Waals surface area contributed by atoms with Crippen LogP contribution in [0.15, 0.2) is 18.2 Å². The van der Waals surface area contributed by atoms with Crippen molar-refractivity contribution in [1.82, 2.24) is 0 Å². The van der Waals surface area contributed by atoms with E-state index in [1.54, 1.807) is 6.07 Å². The predicted octanol–water partition coefficient (Wildman–Crippen LogP) is 5.71. The van der Waals surface area contributed by atoms with Crippen molar-refractivity contribution < 1.29 is 4.79 Å². The lowest BCUT2D eigenvalue weighted by Gasteiger charge is -2.38. The number of fused-ring (bicyclic) bond motifs is 1. The Morgan fingerprint density at radius 1 is 1.05 bits per heavy atom. The molecular formula is C18H22Cl2O. The quantitative estimate of drug-likeness (QED) is 0.695. The summed E-state index contributed by atoms with van der Waals surface area (Å²) in [6.07, 6.45) is 9.34. The summed E-state index contributed by atoms with van der Waals surface area (Å²) in [7, 11) is 0. The van der Waals surface area contributed by atoms with Crippen LogP contribution in [0.25, 0.3) is 0 Å². The van der Waals surface area contributed by atoms with E-state index in [1.807, 2.05) is 12.1 Å². The average Bonchev–Trinajstić information content (AvgIpc) is 2.49. The van der Waals surface area contributed by atoms with Gasteiger partial charge in [-0.3, -0.25) is 4.79 Å². The highest BCUT2D eigenvalue weighted by atomic mass is 35.5. The predicted molar refractivity (Wildman–Crippen MR) is 88.0 cm³/mol. The van der Waals surface area contributed by atoms with Gasteiger partial charge in [0.2, 0.25) is 0 Å². The largest absolute Gasteiger partial charge is 0.299 e. The lowest BCUT2D eigenvalue weighted by atomic mass is 9.66. The van der Waals surface area contributed by atoms with Crippen molar-refractivity contribution in [2.24, 2.45) is 17.8 Å². The summed E-state index contributed by atoms with van der Waals surface area (Å²) in [6, 6.07) is 5.42. The van der Waals surface area contributed by atoms with Gasteiger partial charge < -0.3 is 0 Å². The van der Waals surface area contributed by atoms with Crippen molar-refractivity contribution in [3.05, 3.63) is 33.8 Å². The van der Waals surface area contributed by atoms with Gasteiger partial charge in [-0.05, 0) is 48.8 Å². The molecule has 3 rings (SSSR count). The first-order valence-corrected chi connectivity index (χ1v) is 8.85. The topological polar surface area (TPSA) is 17.1 Å². The van der Waals surface area contributed by atoms with E-state index in [0.717, 1.165) is 30.2 Å². The second-order valence-corrected chi connectivity index (χ2v) is 7.54. The fraction of sp³-hybridized carbons (Fsp3) is 0.611. The highest BCUT2D eigenvalue weighted by Gasteiger charge is 2.34. The van der Waals surface area contributed by atoms with Crippen molar-refractivity contribution >= 4 is 29.0 Å². The Kier molecular flexibility index (Phi) is 4.91. The van der Waals surface area contributed by atoms with Crippen LogP contribution in [0, 0.1) is 17.8 Å².